The molecule has 1 aromatic rings. The van der Waals surface area contributed by atoms with Gasteiger partial charge in [-0.25, -0.2) is 0 Å². The van der Waals surface area contributed by atoms with Crippen LogP contribution in [0.5, 0.6) is 0 Å². The minimum absolute atomic E-state index is 0.101. The highest BCUT2D eigenvalue weighted by Gasteiger charge is 2.28. The van der Waals surface area contributed by atoms with E-state index in [1.54, 1.807) is 14.2 Å². The third kappa shape index (κ3) is 5.60. The summed E-state index contributed by atoms with van der Waals surface area (Å²) in [4.78, 5) is 0. The van der Waals surface area contributed by atoms with E-state index in [4.69, 9.17) is 9.47 Å². The first-order valence-electron chi connectivity index (χ1n) is 9.08. The molecule has 0 radical (unpaired) electrons. The van der Waals surface area contributed by atoms with E-state index in [2.05, 4.69) is 66.7 Å². The lowest BCUT2D eigenvalue weighted by Crippen LogP contribution is -2.25. The predicted molar refractivity (Wildman–Crippen MR) is 104 cm³/mol. The molecule has 0 amide bonds. The zero-order valence-electron chi connectivity index (χ0n) is 17.4. The first kappa shape index (κ1) is 21.2. The molecule has 2 heteroatoms. The van der Waals surface area contributed by atoms with Gasteiger partial charge in [0.05, 0.1) is 0 Å². The van der Waals surface area contributed by atoms with Crippen LogP contribution in [0.3, 0.4) is 0 Å². The summed E-state index contributed by atoms with van der Waals surface area (Å²) in [6.07, 6.45) is 2.05. The highest BCUT2D eigenvalue weighted by atomic mass is 16.5. The fourth-order valence-corrected chi connectivity index (χ4v) is 2.85. The van der Waals surface area contributed by atoms with Gasteiger partial charge in [0, 0.05) is 27.4 Å². The van der Waals surface area contributed by atoms with E-state index in [0.29, 0.717) is 0 Å². The van der Waals surface area contributed by atoms with Crippen molar-refractivity contribution in [3.8, 4) is 0 Å². The first-order chi connectivity index (χ1) is 10.9. The van der Waals surface area contributed by atoms with Crippen molar-refractivity contribution in [2.45, 2.75) is 77.6 Å². The molecule has 0 atom stereocenters. The minimum Gasteiger partial charge on any atom is -0.385 e. The smallest absolute Gasteiger partial charge is 0.0470 e. The summed E-state index contributed by atoms with van der Waals surface area (Å²) in [7, 11) is 3.56. The van der Waals surface area contributed by atoms with E-state index in [0.717, 1.165) is 26.1 Å². The second kappa shape index (κ2) is 8.01. The molecule has 0 aliphatic heterocycles. The van der Waals surface area contributed by atoms with Gasteiger partial charge >= 0.3 is 0 Å². The summed E-state index contributed by atoms with van der Waals surface area (Å²) in [5, 5.41) is 0. The van der Waals surface area contributed by atoms with Crippen LogP contribution in [0.1, 0.15) is 78.0 Å². The molecular formula is C22H38O2. The van der Waals surface area contributed by atoms with Gasteiger partial charge < -0.3 is 9.47 Å². The molecule has 0 fully saturated rings. The molecule has 0 aliphatic rings. The SMILES string of the molecule is COCCC(C)(C)c1cc(C(C)(C)C)cc(C(C)(C)CCOC)c1. The van der Waals surface area contributed by atoms with Crippen LogP contribution in [0.4, 0.5) is 0 Å². The molecule has 0 heterocycles. The van der Waals surface area contributed by atoms with Crippen molar-refractivity contribution in [3.05, 3.63) is 34.9 Å². The van der Waals surface area contributed by atoms with E-state index < -0.39 is 0 Å². The number of methoxy groups -OCH3 is 2. The maximum Gasteiger partial charge on any atom is 0.0470 e. The molecule has 1 rings (SSSR count). The summed E-state index contributed by atoms with van der Waals surface area (Å²) < 4.78 is 10.7. The predicted octanol–water partition coefficient (Wildman–Crippen LogP) is 5.61. The van der Waals surface area contributed by atoms with Crippen molar-refractivity contribution < 1.29 is 9.47 Å². The van der Waals surface area contributed by atoms with Gasteiger partial charge in [-0.1, -0.05) is 66.7 Å². The average Bonchev–Trinajstić information content (AvgIpc) is 2.49. The Morgan fingerprint density at radius 1 is 0.625 bits per heavy atom. The van der Waals surface area contributed by atoms with Crippen LogP contribution in [0.25, 0.3) is 0 Å². The van der Waals surface area contributed by atoms with E-state index in [9.17, 15) is 0 Å². The van der Waals surface area contributed by atoms with E-state index in [1.807, 2.05) is 0 Å². The van der Waals surface area contributed by atoms with Crippen molar-refractivity contribution in [2.75, 3.05) is 27.4 Å². The summed E-state index contributed by atoms with van der Waals surface area (Å²) in [6, 6.07) is 7.19. The molecule has 0 aromatic heterocycles. The Kier molecular flexibility index (Phi) is 7.07. The number of ether oxygens (including phenoxy) is 2. The minimum atomic E-state index is 0.101. The van der Waals surface area contributed by atoms with Crippen LogP contribution in [0.15, 0.2) is 18.2 Å². The number of benzene rings is 1. The molecule has 0 bridgehead atoms. The lowest BCUT2D eigenvalue weighted by atomic mass is 9.73. The molecule has 0 saturated carbocycles. The molecule has 0 aliphatic carbocycles. The van der Waals surface area contributed by atoms with Crippen LogP contribution in [0.2, 0.25) is 0 Å². The maximum absolute atomic E-state index is 5.33. The van der Waals surface area contributed by atoms with E-state index in [-0.39, 0.29) is 16.2 Å². The highest BCUT2D eigenvalue weighted by Crippen LogP contribution is 2.37. The molecule has 0 saturated heterocycles. The van der Waals surface area contributed by atoms with Gasteiger partial charge in [0.2, 0.25) is 0 Å². The summed E-state index contributed by atoms with van der Waals surface area (Å²) in [5.74, 6) is 0. The Hall–Kier alpha value is -0.860. The molecule has 2 nitrogen and oxygen atoms in total. The monoisotopic (exact) mass is 334 g/mol. The maximum atomic E-state index is 5.33. The van der Waals surface area contributed by atoms with Gasteiger partial charge in [-0.05, 0) is 45.8 Å². The van der Waals surface area contributed by atoms with Crippen LogP contribution < -0.4 is 0 Å². The second-order valence-corrected chi connectivity index (χ2v) is 9.30. The quantitative estimate of drug-likeness (QED) is 0.615. The zero-order valence-corrected chi connectivity index (χ0v) is 17.4. The number of hydrogen-bond acceptors (Lipinski definition) is 2. The molecule has 0 N–H and O–H groups in total. The van der Waals surface area contributed by atoms with Crippen LogP contribution in [0, 0.1) is 0 Å². The van der Waals surface area contributed by atoms with Crippen LogP contribution in [-0.2, 0) is 25.7 Å². The van der Waals surface area contributed by atoms with Crippen LogP contribution in [-0.4, -0.2) is 27.4 Å². The van der Waals surface area contributed by atoms with Crippen molar-refractivity contribution in [1.82, 2.24) is 0 Å². The fourth-order valence-electron chi connectivity index (χ4n) is 2.85. The van der Waals surface area contributed by atoms with Crippen molar-refractivity contribution in [3.63, 3.8) is 0 Å². The Balaban J connectivity index is 3.37. The van der Waals surface area contributed by atoms with Crippen molar-refractivity contribution in [1.29, 1.82) is 0 Å². The second-order valence-electron chi connectivity index (χ2n) is 9.30. The van der Waals surface area contributed by atoms with Crippen LogP contribution >= 0.6 is 0 Å². The number of hydrogen-bond donors (Lipinski definition) is 0. The molecule has 138 valence electrons. The normalized spacial score (nSPS) is 13.4. The van der Waals surface area contributed by atoms with Gasteiger partial charge in [-0.2, -0.15) is 0 Å². The Bertz CT molecular complexity index is 483. The highest BCUT2D eigenvalue weighted by molar-refractivity contribution is 5.40. The summed E-state index contributed by atoms with van der Waals surface area (Å²) in [5.41, 5.74) is 4.57. The van der Waals surface area contributed by atoms with E-state index >= 15 is 0 Å². The van der Waals surface area contributed by atoms with Gasteiger partial charge in [-0.15, -0.1) is 0 Å². The van der Waals surface area contributed by atoms with Gasteiger partial charge in [0.1, 0.15) is 0 Å². The lowest BCUT2D eigenvalue weighted by molar-refractivity contribution is 0.173. The van der Waals surface area contributed by atoms with Crippen molar-refractivity contribution in [2.24, 2.45) is 0 Å². The fraction of sp³-hybridized carbons (Fsp3) is 0.727. The Morgan fingerprint density at radius 2 is 0.958 bits per heavy atom. The topological polar surface area (TPSA) is 18.5 Å². The lowest BCUT2D eigenvalue weighted by Gasteiger charge is -2.33. The molecular weight excluding hydrogens is 296 g/mol. The standard InChI is InChI=1S/C22H38O2/c1-20(2,3)17-14-18(21(4,5)10-12-23-8)16-19(15-17)22(6,7)11-13-24-9/h14-16H,10-13H2,1-9H3. The largest absolute Gasteiger partial charge is 0.385 e. The van der Waals surface area contributed by atoms with E-state index in [1.165, 1.54) is 16.7 Å². The van der Waals surface area contributed by atoms with Gasteiger partial charge in [0.25, 0.3) is 0 Å². The van der Waals surface area contributed by atoms with Gasteiger partial charge in [-0.3, -0.25) is 0 Å². The molecule has 1 aromatic carbocycles. The zero-order chi connectivity index (χ0) is 18.6. The third-order valence-electron chi connectivity index (χ3n) is 5.22. The third-order valence-corrected chi connectivity index (χ3v) is 5.22. The number of rotatable bonds is 8. The summed E-state index contributed by atoms with van der Waals surface area (Å²) in [6.45, 7) is 17.7. The molecule has 24 heavy (non-hydrogen) atoms. The Morgan fingerprint density at radius 3 is 1.25 bits per heavy atom. The summed E-state index contributed by atoms with van der Waals surface area (Å²) >= 11 is 0. The molecule has 0 unspecified atom stereocenters. The Labute approximate surface area is 149 Å². The first-order valence-corrected chi connectivity index (χ1v) is 9.08. The average molecular weight is 335 g/mol. The van der Waals surface area contributed by atoms with Crippen molar-refractivity contribution >= 4 is 0 Å². The molecule has 0 spiro atoms. The van der Waals surface area contributed by atoms with Gasteiger partial charge in [0.15, 0.2) is 0 Å².